The van der Waals surface area contributed by atoms with Crippen LogP contribution < -0.4 is 10.1 Å². The highest BCUT2D eigenvalue weighted by atomic mass is 16.5. The molecule has 1 aliphatic rings. The molecule has 3 N–H and O–H groups in total. The lowest BCUT2D eigenvalue weighted by atomic mass is 9.96. The van der Waals surface area contributed by atoms with Crippen molar-refractivity contribution in [2.75, 3.05) is 13.2 Å². The van der Waals surface area contributed by atoms with E-state index >= 15 is 0 Å². The molecule has 8 heteroatoms. The third kappa shape index (κ3) is 4.04. The van der Waals surface area contributed by atoms with Crippen LogP contribution in [0.1, 0.15) is 32.1 Å². The van der Waals surface area contributed by atoms with Crippen LogP contribution in [0.3, 0.4) is 0 Å². The minimum atomic E-state index is 0.534. The second-order valence-corrected chi connectivity index (χ2v) is 7.69. The van der Waals surface area contributed by atoms with Crippen molar-refractivity contribution in [1.82, 2.24) is 35.5 Å². The lowest BCUT2D eigenvalue weighted by Crippen LogP contribution is -2.34. The Morgan fingerprint density at radius 3 is 2.83 bits per heavy atom. The highest BCUT2D eigenvalue weighted by molar-refractivity contribution is 5.94. The molecular formula is C22H25N7O. The predicted molar refractivity (Wildman–Crippen MR) is 115 cm³/mol. The van der Waals surface area contributed by atoms with Crippen LogP contribution in [-0.2, 0) is 0 Å². The van der Waals surface area contributed by atoms with Crippen molar-refractivity contribution >= 4 is 11.0 Å². The highest BCUT2D eigenvalue weighted by Gasteiger charge is 2.13. The fourth-order valence-electron chi connectivity index (χ4n) is 4.05. The smallest absolute Gasteiger partial charge is 0.232 e. The maximum Gasteiger partial charge on any atom is 0.232 e. The van der Waals surface area contributed by atoms with E-state index in [9.17, 15) is 0 Å². The van der Waals surface area contributed by atoms with Crippen LogP contribution in [0.5, 0.6) is 5.88 Å². The Labute approximate surface area is 174 Å². The summed E-state index contributed by atoms with van der Waals surface area (Å²) < 4.78 is 5.86. The topological polar surface area (TPSA) is 104 Å². The minimum absolute atomic E-state index is 0.534. The Balaban J connectivity index is 1.30. The van der Waals surface area contributed by atoms with Gasteiger partial charge in [0.25, 0.3) is 0 Å². The second kappa shape index (κ2) is 8.62. The van der Waals surface area contributed by atoms with Crippen molar-refractivity contribution in [2.45, 2.75) is 38.1 Å². The van der Waals surface area contributed by atoms with E-state index in [-0.39, 0.29) is 0 Å². The summed E-state index contributed by atoms with van der Waals surface area (Å²) >= 11 is 0. The van der Waals surface area contributed by atoms with E-state index < -0.39 is 0 Å². The van der Waals surface area contributed by atoms with Crippen LogP contribution in [0, 0.1) is 0 Å². The number of ether oxygens (including phenoxy) is 1. The number of aromatic nitrogens is 6. The Bertz CT molecular complexity index is 1100. The molecule has 8 nitrogen and oxygen atoms in total. The van der Waals surface area contributed by atoms with Crippen LogP contribution in [0.4, 0.5) is 0 Å². The number of H-pyrrole nitrogens is 2. The van der Waals surface area contributed by atoms with Gasteiger partial charge in [0.2, 0.25) is 5.88 Å². The van der Waals surface area contributed by atoms with Crippen LogP contribution in [-0.4, -0.2) is 49.3 Å². The van der Waals surface area contributed by atoms with E-state index in [1.54, 1.807) is 18.6 Å². The third-order valence-corrected chi connectivity index (χ3v) is 5.64. The summed E-state index contributed by atoms with van der Waals surface area (Å²) in [6.45, 7) is 1.40. The molecule has 1 fully saturated rings. The number of hydrogen-bond donors (Lipinski definition) is 3. The Hall–Kier alpha value is -3.26. The van der Waals surface area contributed by atoms with Gasteiger partial charge >= 0.3 is 0 Å². The molecule has 0 bridgehead atoms. The van der Waals surface area contributed by atoms with Gasteiger partial charge in [-0.2, -0.15) is 5.10 Å². The Kier molecular flexibility index (Phi) is 5.39. The first-order valence-corrected chi connectivity index (χ1v) is 10.5. The van der Waals surface area contributed by atoms with Crippen molar-refractivity contribution in [1.29, 1.82) is 0 Å². The maximum absolute atomic E-state index is 5.86. The van der Waals surface area contributed by atoms with Crippen LogP contribution in [0.25, 0.3) is 33.4 Å². The van der Waals surface area contributed by atoms with Crippen molar-refractivity contribution in [3.8, 4) is 28.3 Å². The number of nitrogens with one attached hydrogen (secondary N) is 3. The van der Waals surface area contributed by atoms with Crippen LogP contribution in [0.2, 0.25) is 0 Å². The minimum Gasteiger partial charge on any atom is -0.475 e. The van der Waals surface area contributed by atoms with Crippen LogP contribution in [0.15, 0.2) is 43.2 Å². The third-order valence-electron chi connectivity index (χ3n) is 5.64. The summed E-state index contributed by atoms with van der Waals surface area (Å²) in [5, 5.41) is 11.4. The summed E-state index contributed by atoms with van der Waals surface area (Å²) in [7, 11) is 0. The molecule has 1 aliphatic carbocycles. The quantitative estimate of drug-likeness (QED) is 0.406. The summed E-state index contributed by atoms with van der Waals surface area (Å²) in [5.41, 5.74) is 4.49. The average molecular weight is 403 g/mol. The van der Waals surface area contributed by atoms with Gasteiger partial charge in [-0.05, 0) is 18.9 Å². The molecule has 154 valence electrons. The fraction of sp³-hybridized carbons (Fsp3) is 0.364. The summed E-state index contributed by atoms with van der Waals surface area (Å²) in [5.74, 6) is 0.534. The zero-order valence-electron chi connectivity index (χ0n) is 16.8. The predicted octanol–water partition coefficient (Wildman–Crippen LogP) is 3.71. The molecular weight excluding hydrogens is 378 g/mol. The van der Waals surface area contributed by atoms with Gasteiger partial charge in [-0.3, -0.25) is 10.1 Å². The zero-order chi connectivity index (χ0) is 20.2. The monoisotopic (exact) mass is 403 g/mol. The number of pyridine rings is 1. The first-order chi connectivity index (χ1) is 14.9. The first kappa shape index (κ1) is 18.7. The van der Waals surface area contributed by atoms with Gasteiger partial charge in [0.15, 0.2) is 0 Å². The molecule has 1 saturated carbocycles. The molecule has 0 unspecified atom stereocenters. The standard InChI is InChI=1S/C22H25N7O/c1-2-4-17(5-3-1)24-6-7-30-21-14-23-13-20(29-21)19-12-26-22-18(19)8-15(9-25-22)16-10-27-28-11-16/h8-14,17,24H,1-7H2,(H,25,26)(H,27,28). The summed E-state index contributed by atoms with van der Waals surface area (Å²) in [4.78, 5) is 16.7. The average Bonchev–Trinajstić information content (AvgIpc) is 3.47. The van der Waals surface area contributed by atoms with Gasteiger partial charge in [-0.15, -0.1) is 0 Å². The van der Waals surface area contributed by atoms with E-state index in [2.05, 4.69) is 41.5 Å². The normalized spacial score (nSPS) is 14.9. The van der Waals surface area contributed by atoms with Crippen LogP contribution >= 0.6 is 0 Å². The molecule has 0 saturated heterocycles. The van der Waals surface area contributed by atoms with Crippen molar-refractivity contribution < 1.29 is 4.74 Å². The molecule has 5 rings (SSSR count). The molecule has 0 aliphatic heterocycles. The van der Waals surface area contributed by atoms with Crippen molar-refractivity contribution in [2.24, 2.45) is 0 Å². The molecule has 4 aromatic heterocycles. The number of nitrogens with zero attached hydrogens (tertiary/aromatic N) is 4. The number of hydrogen-bond acceptors (Lipinski definition) is 6. The largest absolute Gasteiger partial charge is 0.475 e. The van der Waals surface area contributed by atoms with E-state index in [1.807, 2.05) is 18.6 Å². The van der Waals surface area contributed by atoms with Crippen molar-refractivity contribution in [3.05, 3.63) is 43.2 Å². The number of aromatic amines is 2. The number of fused-ring (bicyclic) bond motifs is 1. The van der Waals surface area contributed by atoms with Gasteiger partial charge in [-0.25, -0.2) is 9.97 Å². The SMILES string of the molecule is c1n[nH]cc1-c1cnc2[nH]cc(-c3cncc(OCCNC4CCCCC4)n3)c2c1. The van der Waals surface area contributed by atoms with Gasteiger partial charge in [0.05, 0.1) is 24.3 Å². The molecule has 0 radical (unpaired) electrons. The lowest BCUT2D eigenvalue weighted by Gasteiger charge is -2.22. The van der Waals surface area contributed by atoms with E-state index in [0.29, 0.717) is 18.5 Å². The molecule has 0 spiro atoms. The molecule has 0 amide bonds. The molecule has 0 aromatic carbocycles. The summed E-state index contributed by atoms with van der Waals surface area (Å²) in [6.07, 6.45) is 17.3. The molecule has 4 heterocycles. The van der Waals surface area contributed by atoms with Gasteiger partial charge < -0.3 is 15.0 Å². The first-order valence-electron chi connectivity index (χ1n) is 10.5. The highest BCUT2D eigenvalue weighted by Crippen LogP contribution is 2.30. The van der Waals surface area contributed by atoms with E-state index in [4.69, 9.17) is 4.74 Å². The molecule has 30 heavy (non-hydrogen) atoms. The number of rotatable bonds is 7. The Morgan fingerprint density at radius 1 is 1.03 bits per heavy atom. The summed E-state index contributed by atoms with van der Waals surface area (Å²) in [6, 6.07) is 2.71. The second-order valence-electron chi connectivity index (χ2n) is 7.69. The van der Waals surface area contributed by atoms with Crippen molar-refractivity contribution in [3.63, 3.8) is 0 Å². The Morgan fingerprint density at radius 2 is 1.97 bits per heavy atom. The molecule has 0 atom stereocenters. The fourth-order valence-corrected chi connectivity index (χ4v) is 4.05. The van der Waals surface area contributed by atoms with E-state index in [0.717, 1.165) is 40.0 Å². The molecule has 4 aromatic rings. The van der Waals surface area contributed by atoms with Gasteiger partial charge in [0.1, 0.15) is 12.3 Å². The zero-order valence-corrected chi connectivity index (χ0v) is 16.8. The van der Waals surface area contributed by atoms with E-state index in [1.165, 1.54) is 32.1 Å². The van der Waals surface area contributed by atoms with Gasteiger partial charge in [0, 0.05) is 53.3 Å². The lowest BCUT2D eigenvalue weighted by molar-refractivity contribution is 0.280. The van der Waals surface area contributed by atoms with Gasteiger partial charge in [-0.1, -0.05) is 19.3 Å². The maximum atomic E-state index is 5.86.